The summed E-state index contributed by atoms with van der Waals surface area (Å²) in [5.41, 5.74) is 4.54. The van der Waals surface area contributed by atoms with Crippen molar-refractivity contribution in [1.82, 2.24) is 10.3 Å². The van der Waals surface area contributed by atoms with E-state index in [1.165, 1.54) is 10.5 Å². The summed E-state index contributed by atoms with van der Waals surface area (Å²) in [6, 6.07) is 8.78. The third kappa shape index (κ3) is 5.35. The van der Waals surface area contributed by atoms with Crippen molar-refractivity contribution < 1.29 is 0 Å². The first-order valence-corrected chi connectivity index (χ1v) is 8.30. The molecule has 1 N–H and O–H groups in total. The van der Waals surface area contributed by atoms with E-state index in [4.69, 9.17) is 0 Å². The third-order valence-electron chi connectivity index (χ3n) is 2.62. The topological polar surface area (TPSA) is 24.9 Å². The van der Waals surface area contributed by atoms with E-state index in [1.807, 2.05) is 17.3 Å². The van der Waals surface area contributed by atoms with E-state index < -0.39 is 0 Å². The van der Waals surface area contributed by atoms with E-state index in [0.29, 0.717) is 0 Å². The van der Waals surface area contributed by atoms with Gasteiger partial charge in [0.05, 0.1) is 11.2 Å². The fourth-order valence-corrected chi connectivity index (χ4v) is 3.00. The van der Waals surface area contributed by atoms with E-state index in [2.05, 4.69) is 60.7 Å². The molecule has 2 nitrogen and oxygen atoms in total. The lowest BCUT2D eigenvalue weighted by molar-refractivity contribution is 0.424. The summed E-state index contributed by atoms with van der Waals surface area (Å²) in [7, 11) is 0. The molecule has 0 aliphatic carbocycles. The first-order valence-electron chi connectivity index (χ1n) is 6.37. The summed E-state index contributed by atoms with van der Waals surface area (Å²) < 4.78 is 0. The molecular formula is C15H20N2S2. The number of thiazole rings is 1. The zero-order chi connectivity index (χ0) is 13.7. The molecule has 0 bridgehead atoms. The van der Waals surface area contributed by atoms with Crippen molar-refractivity contribution in [1.29, 1.82) is 0 Å². The molecule has 19 heavy (non-hydrogen) atoms. The van der Waals surface area contributed by atoms with E-state index in [-0.39, 0.29) is 5.54 Å². The molecular weight excluding hydrogens is 272 g/mol. The van der Waals surface area contributed by atoms with Gasteiger partial charge < -0.3 is 5.32 Å². The third-order valence-corrected chi connectivity index (χ3v) is 4.30. The first kappa shape index (κ1) is 14.6. The Balaban J connectivity index is 1.84. The van der Waals surface area contributed by atoms with Crippen LogP contribution in [0.1, 0.15) is 32.0 Å². The molecule has 0 aliphatic heterocycles. The second-order valence-corrected chi connectivity index (χ2v) is 7.28. The van der Waals surface area contributed by atoms with E-state index in [1.54, 1.807) is 11.3 Å². The second kappa shape index (κ2) is 6.55. The van der Waals surface area contributed by atoms with E-state index >= 15 is 0 Å². The van der Waals surface area contributed by atoms with Crippen LogP contribution in [0.25, 0.3) is 0 Å². The van der Waals surface area contributed by atoms with Gasteiger partial charge in [-0.05, 0) is 38.5 Å². The first-order chi connectivity index (χ1) is 9.03. The molecule has 0 saturated heterocycles. The summed E-state index contributed by atoms with van der Waals surface area (Å²) >= 11 is 3.49. The highest BCUT2D eigenvalue weighted by atomic mass is 32.2. The molecule has 0 atom stereocenters. The number of nitrogens with one attached hydrogen (secondary N) is 1. The van der Waals surface area contributed by atoms with Gasteiger partial charge in [-0.15, -0.1) is 23.1 Å². The number of thioether (sulfide) groups is 1. The molecule has 2 rings (SSSR count). The highest BCUT2D eigenvalue weighted by Gasteiger charge is 2.08. The average molecular weight is 292 g/mol. The lowest BCUT2D eigenvalue weighted by Crippen LogP contribution is -2.35. The quantitative estimate of drug-likeness (QED) is 0.831. The van der Waals surface area contributed by atoms with Crippen molar-refractivity contribution >= 4 is 23.1 Å². The molecule has 0 amide bonds. The Labute approximate surface area is 123 Å². The Bertz CT molecular complexity index is 484. The normalized spacial score (nSPS) is 11.7. The van der Waals surface area contributed by atoms with Crippen LogP contribution in [0.4, 0.5) is 0 Å². The van der Waals surface area contributed by atoms with E-state index in [9.17, 15) is 0 Å². The van der Waals surface area contributed by atoms with Crippen LogP contribution in [-0.4, -0.2) is 10.5 Å². The summed E-state index contributed by atoms with van der Waals surface area (Å²) in [5, 5.41) is 5.60. The predicted molar refractivity (Wildman–Crippen MR) is 84.7 cm³/mol. The van der Waals surface area contributed by atoms with Crippen molar-refractivity contribution in [3.8, 4) is 0 Å². The highest BCUT2D eigenvalue weighted by molar-refractivity contribution is 7.98. The van der Waals surface area contributed by atoms with Crippen LogP contribution < -0.4 is 5.32 Å². The molecule has 0 fully saturated rings. The molecule has 1 heterocycles. The van der Waals surface area contributed by atoms with Crippen molar-refractivity contribution in [2.45, 2.75) is 43.5 Å². The summed E-state index contributed by atoms with van der Waals surface area (Å²) in [6.07, 6.45) is 0. The number of aromatic nitrogens is 1. The van der Waals surface area contributed by atoms with Gasteiger partial charge in [0.1, 0.15) is 0 Å². The van der Waals surface area contributed by atoms with Gasteiger partial charge in [-0.2, -0.15) is 0 Å². The standard InChI is InChI=1S/C15H20N2S2/c1-15(2,3)17-8-12-4-6-14(7-5-12)19-10-13-9-18-11-16-13/h4-7,9,11,17H,8,10H2,1-3H3. The minimum absolute atomic E-state index is 0.165. The molecule has 102 valence electrons. The van der Waals surface area contributed by atoms with Crippen molar-refractivity contribution in [3.63, 3.8) is 0 Å². The smallest absolute Gasteiger partial charge is 0.0795 e. The van der Waals surface area contributed by atoms with Crippen LogP contribution in [0.2, 0.25) is 0 Å². The van der Waals surface area contributed by atoms with Gasteiger partial charge in [-0.3, -0.25) is 0 Å². The zero-order valence-electron chi connectivity index (χ0n) is 11.6. The van der Waals surface area contributed by atoms with Crippen LogP contribution in [0.3, 0.4) is 0 Å². The minimum Gasteiger partial charge on any atom is -0.308 e. The summed E-state index contributed by atoms with van der Waals surface area (Å²) in [4.78, 5) is 5.59. The molecule has 4 heteroatoms. The maximum atomic E-state index is 4.29. The van der Waals surface area contributed by atoms with Crippen LogP contribution in [0.15, 0.2) is 40.1 Å². The Kier molecular flexibility index (Phi) is 5.02. The highest BCUT2D eigenvalue weighted by Crippen LogP contribution is 2.23. The number of hydrogen-bond acceptors (Lipinski definition) is 4. The largest absolute Gasteiger partial charge is 0.308 e. The molecule has 0 saturated carbocycles. The molecule has 0 spiro atoms. The zero-order valence-corrected chi connectivity index (χ0v) is 13.3. The molecule has 1 aromatic heterocycles. The Morgan fingerprint density at radius 2 is 1.95 bits per heavy atom. The molecule has 2 aromatic rings. The monoisotopic (exact) mass is 292 g/mol. The fraction of sp³-hybridized carbons (Fsp3) is 0.400. The number of hydrogen-bond donors (Lipinski definition) is 1. The van der Waals surface area contributed by atoms with Gasteiger partial charge in [-0.1, -0.05) is 12.1 Å². The SMILES string of the molecule is CC(C)(C)NCc1ccc(SCc2cscn2)cc1. The second-order valence-electron chi connectivity index (χ2n) is 5.52. The minimum atomic E-state index is 0.165. The van der Waals surface area contributed by atoms with Crippen LogP contribution in [0, 0.1) is 0 Å². The van der Waals surface area contributed by atoms with Crippen LogP contribution in [-0.2, 0) is 12.3 Å². The van der Waals surface area contributed by atoms with Crippen molar-refractivity contribution in [2.75, 3.05) is 0 Å². The summed E-state index contributed by atoms with van der Waals surface area (Å²) in [5.74, 6) is 0.948. The van der Waals surface area contributed by atoms with Gasteiger partial charge in [-0.25, -0.2) is 4.98 Å². The van der Waals surface area contributed by atoms with Gasteiger partial charge in [0.25, 0.3) is 0 Å². The maximum absolute atomic E-state index is 4.29. The van der Waals surface area contributed by atoms with Gasteiger partial charge in [0, 0.05) is 28.1 Å². The van der Waals surface area contributed by atoms with Crippen molar-refractivity contribution in [2.24, 2.45) is 0 Å². The lowest BCUT2D eigenvalue weighted by Gasteiger charge is -2.20. The Morgan fingerprint density at radius 1 is 1.21 bits per heavy atom. The van der Waals surface area contributed by atoms with Crippen molar-refractivity contribution in [3.05, 3.63) is 46.4 Å². The lowest BCUT2D eigenvalue weighted by atomic mass is 10.1. The van der Waals surface area contributed by atoms with Crippen LogP contribution >= 0.6 is 23.1 Å². The van der Waals surface area contributed by atoms with Gasteiger partial charge in [0.15, 0.2) is 0 Å². The predicted octanol–water partition coefficient (Wildman–Crippen LogP) is 4.32. The van der Waals surface area contributed by atoms with E-state index in [0.717, 1.165) is 18.0 Å². The molecule has 0 unspecified atom stereocenters. The number of rotatable bonds is 5. The summed E-state index contributed by atoms with van der Waals surface area (Å²) in [6.45, 7) is 7.47. The van der Waals surface area contributed by atoms with Gasteiger partial charge in [0.2, 0.25) is 0 Å². The Morgan fingerprint density at radius 3 is 2.53 bits per heavy atom. The average Bonchev–Trinajstić information content (AvgIpc) is 2.87. The fourth-order valence-electron chi connectivity index (χ4n) is 1.54. The Hall–Kier alpha value is -0.840. The number of benzene rings is 1. The van der Waals surface area contributed by atoms with Crippen LogP contribution in [0.5, 0.6) is 0 Å². The molecule has 1 aromatic carbocycles. The molecule has 0 radical (unpaired) electrons. The maximum Gasteiger partial charge on any atom is 0.0795 e. The van der Waals surface area contributed by atoms with Gasteiger partial charge >= 0.3 is 0 Å². The molecule has 0 aliphatic rings. The number of nitrogens with zero attached hydrogens (tertiary/aromatic N) is 1.